The summed E-state index contributed by atoms with van der Waals surface area (Å²) < 4.78 is 39.0. The first kappa shape index (κ1) is 18.2. The number of halogens is 4. The standard InChI is InChI=1S/C17H14ClF3N4O/c18-12-3-10(1-2-13(12)19)11-4-14(15(5-22)23-6-11)24-7-16(26)25-8-17(20,21)9-25/h1-6,22,24H,7-9H2. The Hall–Kier alpha value is -2.61. The van der Waals surface area contributed by atoms with Crippen molar-refractivity contribution in [3.05, 3.63) is 47.0 Å². The minimum atomic E-state index is -2.82. The molecule has 2 aromatic rings. The average molecular weight is 383 g/mol. The lowest BCUT2D eigenvalue weighted by Crippen LogP contribution is -2.59. The maximum atomic E-state index is 13.3. The van der Waals surface area contributed by atoms with Crippen molar-refractivity contribution in [1.82, 2.24) is 9.88 Å². The van der Waals surface area contributed by atoms with Gasteiger partial charge in [-0.25, -0.2) is 13.2 Å². The van der Waals surface area contributed by atoms with E-state index in [9.17, 15) is 18.0 Å². The first-order valence-corrected chi connectivity index (χ1v) is 8.02. The van der Waals surface area contributed by atoms with Crippen LogP contribution in [0.15, 0.2) is 30.5 Å². The number of hydrogen-bond acceptors (Lipinski definition) is 4. The van der Waals surface area contributed by atoms with E-state index in [2.05, 4.69) is 10.3 Å². The summed E-state index contributed by atoms with van der Waals surface area (Å²) in [5.41, 5.74) is 1.88. The molecule has 1 saturated heterocycles. The van der Waals surface area contributed by atoms with Gasteiger partial charge in [0.05, 0.1) is 30.3 Å². The zero-order chi connectivity index (χ0) is 18.9. The monoisotopic (exact) mass is 382 g/mol. The summed E-state index contributed by atoms with van der Waals surface area (Å²) >= 11 is 5.79. The predicted octanol–water partition coefficient (Wildman–Crippen LogP) is 3.43. The van der Waals surface area contributed by atoms with Gasteiger partial charge in [-0.05, 0) is 23.8 Å². The molecule has 3 rings (SSSR count). The van der Waals surface area contributed by atoms with Crippen LogP contribution in [0.1, 0.15) is 5.69 Å². The van der Waals surface area contributed by atoms with Gasteiger partial charge >= 0.3 is 0 Å². The molecule has 1 aromatic carbocycles. The van der Waals surface area contributed by atoms with Gasteiger partial charge in [-0.2, -0.15) is 0 Å². The summed E-state index contributed by atoms with van der Waals surface area (Å²) in [4.78, 5) is 17.1. The molecule has 1 fully saturated rings. The number of alkyl halides is 2. The van der Waals surface area contributed by atoms with Crippen molar-refractivity contribution in [3.8, 4) is 11.1 Å². The third-order valence-corrected chi connectivity index (χ3v) is 4.22. The van der Waals surface area contributed by atoms with Crippen molar-refractivity contribution < 1.29 is 18.0 Å². The number of hydrogen-bond donors (Lipinski definition) is 2. The highest BCUT2D eigenvalue weighted by Crippen LogP contribution is 2.28. The SMILES string of the molecule is N=Cc1ncc(-c2ccc(F)c(Cl)c2)cc1NCC(=O)N1CC(F)(F)C1. The van der Waals surface area contributed by atoms with E-state index in [1.165, 1.54) is 24.4 Å². The maximum absolute atomic E-state index is 13.3. The Labute approximate surface area is 152 Å². The van der Waals surface area contributed by atoms with Gasteiger partial charge in [-0.15, -0.1) is 0 Å². The molecule has 1 aliphatic heterocycles. The Kier molecular flexibility index (Phi) is 4.86. The number of carbonyl (C=O) groups excluding carboxylic acids is 1. The van der Waals surface area contributed by atoms with Gasteiger partial charge in [0.25, 0.3) is 5.92 Å². The minimum absolute atomic E-state index is 0.0398. The summed E-state index contributed by atoms with van der Waals surface area (Å²) in [7, 11) is 0. The molecule has 26 heavy (non-hydrogen) atoms. The van der Waals surface area contributed by atoms with Crippen LogP contribution in [0, 0.1) is 11.2 Å². The van der Waals surface area contributed by atoms with Gasteiger partial charge in [-0.1, -0.05) is 17.7 Å². The van der Waals surface area contributed by atoms with E-state index in [1.54, 1.807) is 6.07 Å². The summed E-state index contributed by atoms with van der Waals surface area (Å²) in [5.74, 6) is -3.84. The maximum Gasteiger partial charge on any atom is 0.282 e. The first-order valence-electron chi connectivity index (χ1n) is 7.64. The summed E-state index contributed by atoms with van der Waals surface area (Å²) in [6.07, 6.45) is 2.50. The number of aromatic nitrogens is 1. The van der Waals surface area contributed by atoms with E-state index >= 15 is 0 Å². The van der Waals surface area contributed by atoms with Crippen LogP contribution >= 0.6 is 11.6 Å². The topological polar surface area (TPSA) is 69.1 Å². The first-order chi connectivity index (χ1) is 12.3. The number of carbonyl (C=O) groups is 1. The van der Waals surface area contributed by atoms with E-state index < -0.39 is 30.7 Å². The lowest BCUT2D eigenvalue weighted by molar-refractivity contribution is -0.163. The van der Waals surface area contributed by atoms with Crippen molar-refractivity contribution in [2.24, 2.45) is 0 Å². The molecule has 0 radical (unpaired) electrons. The molecule has 1 aromatic heterocycles. The number of benzene rings is 1. The normalized spacial score (nSPS) is 15.3. The molecule has 0 saturated carbocycles. The Morgan fingerprint density at radius 3 is 2.69 bits per heavy atom. The number of anilines is 1. The highest BCUT2D eigenvalue weighted by molar-refractivity contribution is 6.31. The third-order valence-electron chi connectivity index (χ3n) is 3.94. The van der Waals surface area contributed by atoms with Crippen molar-refractivity contribution in [2.45, 2.75) is 5.92 Å². The number of nitrogens with zero attached hydrogens (tertiary/aromatic N) is 2. The fourth-order valence-corrected chi connectivity index (χ4v) is 2.72. The fraction of sp³-hybridized carbons (Fsp3) is 0.235. The van der Waals surface area contributed by atoms with Crippen LogP contribution in [0.25, 0.3) is 11.1 Å². The molecule has 9 heteroatoms. The van der Waals surface area contributed by atoms with Gasteiger partial charge in [-0.3, -0.25) is 9.78 Å². The van der Waals surface area contributed by atoms with Crippen molar-refractivity contribution in [3.63, 3.8) is 0 Å². The molecule has 1 aliphatic rings. The van der Waals surface area contributed by atoms with Crippen LogP contribution < -0.4 is 5.32 Å². The second-order valence-electron chi connectivity index (χ2n) is 5.89. The molecule has 0 unspecified atom stereocenters. The lowest BCUT2D eigenvalue weighted by Gasteiger charge is -2.38. The molecule has 2 heterocycles. The van der Waals surface area contributed by atoms with Gasteiger partial charge in [0.1, 0.15) is 11.5 Å². The van der Waals surface area contributed by atoms with Crippen LogP contribution in [0.2, 0.25) is 5.02 Å². The highest BCUT2D eigenvalue weighted by atomic mass is 35.5. The van der Waals surface area contributed by atoms with Crippen molar-refractivity contribution >= 4 is 29.4 Å². The summed E-state index contributed by atoms with van der Waals surface area (Å²) in [5, 5.41) is 10.2. The number of likely N-dealkylation sites (tertiary alicyclic amines) is 1. The van der Waals surface area contributed by atoms with Crippen LogP contribution in [-0.2, 0) is 4.79 Å². The van der Waals surface area contributed by atoms with Crippen LogP contribution in [0.5, 0.6) is 0 Å². The largest absolute Gasteiger partial charge is 0.374 e. The summed E-state index contributed by atoms with van der Waals surface area (Å²) in [6, 6.07) is 5.83. The van der Waals surface area contributed by atoms with E-state index in [0.29, 0.717) is 16.8 Å². The Bertz CT molecular complexity index is 867. The Morgan fingerprint density at radius 2 is 2.08 bits per heavy atom. The minimum Gasteiger partial charge on any atom is -0.374 e. The van der Waals surface area contributed by atoms with Crippen LogP contribution in [-0.4, -0.2) is 47.6 Å². The number of pyridine rings is 1. The molecule has 2 N–H and O–H groups in total. The molecule has 5 nitrogen and oxygen atoms in total. The molecule has 0 aliphatic carbocycles. The van der Waals surface area contributed by atoms with E-state index in [1.807, 2.05) is 0 Å². The molecular formula is C17H14ClF3N4O. The quantitative estimate of drug-likeness (QED) is 0.778. The van der Waals surface area contributed by atoms with E-state index in [0.717, 1.165) is 11.1 Å². The van der Waals surface area contributed by atoms with Crippen molar-refractivity contribution in [1.29, 1.82) is 5.41 Å². The second-order valence-corrected chi connectivity index (χ2v) is 6.30. The predicted molar refractivity (Wildman–Crippen MR) is 92.5 cm³/mol. The molecule has 0 atom stereocenters. The summed E-state index contributed by atoms with van der Waals surface area (Å²) in [6.45, 7) is -1.37. The number of amides is 1. The van der Waals surface area contributed by atoms with Gasteiger partial charge in [0.15, 0.2) is 0 Å². The van der Waals surface area contributed by atoms with Crippen molar-refractivity contribution in [2.75, 3.05) is 25.0 Å². The fourth-order valence-electron chi connectivity index (χ4n) is 2.54. The molecular weight excluding hydrogens is 369 g/mol. The van der Waals surface area contributed by atoms with E-state index in [-0.39, 0.29) is 17.3 Å². The van der Waals surface area contributed by atoms with Gasteiger partial charge in [0.2, 0.25) is 5.91 Å². The Morgan fingerprint density at radius 1 is 1.35 bits per heavy atom. The van der Waals surface area contributed by atoms with Crippen LogP contribution in [0.4, 0.5) is 18.9 Å². The second kappa shape index (κ2) is 6.95. The van der Waals surface area contributed by atoms with Crippen LogP contribution in [0.3, 0.4) is 0 Å². The van der Waals surface area contributed by atoms with Gasteiger partial charge < -0.3 is 15.6 Å². The zero-order valence-corrected chi connectivity index (χ0v) is 14.2. The smallest absolute Gasteiger partial charge is 0.282 e. The number of rotatable bonds is 5. The highest BCUT2D eigenvalue weighted by Gasteiger charge is 2.45. The molecule has 136 valence electrons. The average Bonchev–Trinajstić information content (AvgIpc) is 2.59. The van der Waals surface area contributed by atoms with Gasteiger partial charge in [0, 0.05) is 18.0 Å². The zero-order valence-electron chi connectivity index (χ0n) is 13.4. The van der Waals surface area contributed by atoms with E-state index in [4.69, 9.17) is 17.0 Å². The Balaban J connectivity index is 1.76. The molecule has 0 spiro atoms. The molecule has 1 amide bonds. The molecule has 0 bridgehead atoms. The lowest BCUT2D eigenvalue weighted by atomic mass is 10.1. The number of nitrogens with one attached hydrogen (secondary N) is 2. The third kappa shape index (κ3) is 3.80.